The number of non-ortho nitro benzene ring substituents is 1. The smallest absolute Gasteiger partial charge is 0.271 e. The van der Waals surface area contributed by atoms with Crippen LogP contribution < -0.4 is 4.74 Å². The second-order valence-electron chi connectivity index (χ2n) is 5.38. The highest BCUT2D eigenvalue weighted by molar-refractivity contribution is 5.53. The fourth-order valence-corrected chi connectivity index (χ4v) is 2.81. The Morgan fingerprint density at radius 2 is 2.13 bits per heavy atom. The molecule has 0 fully saturated rings. The fraction of sp³-hybridized carbons (Fsp3) is 0.235. The molecule has 2 aromatic rings. The molecular formula is C17H14N2O4. The summed E-state index contributed by atoms with van der Waals surface area (Å²) in [5.74, 6) is 0.846. The molecular weight excluding hydrogens is 296 g/mol. The lowest BCUT2D eigenvalue weighted by molar-refractivity contribution is -0.384. The number of nitriles is 1. The lowest BCUT2D eigenvalue weighted by Gasteiger charge is -2.23. The van der Waals surface area contributed by atoms with Crippen molar-refractivity contribution in [3.63, 3.8) is 0 Å². The van der Waals surface area contributed by atoms with Gasteiger partial charge in [0.1, 0.15) is 23.1 Å². The average molecular weight is 310 g/mol. The van der Waals surface area contributed by atoms with E-state index in [1.165, 1.54) is 18.2 Å². The van der Waals surface area contributed by atoms with Gasteiger partial charge in [-0.2, -0.15) is 5.26 Å². The van der Waals surface area contributed by atoms with Gasteiger partial charge in [0.15, 0.2) is 0 Å². The molecule has 6 nitrogen and oxygen atoms in total. The lowest BCUT2D eigenvalue weighted by atomic mass is 9.89. The first kappa shape index (κ1) is 15.0. The summed E-state index contributed by atoms with van der Waals surface area (Å²) in [6, 6.07) is 11.3. The highest BCUT2D eigenvalue weighted by atomic mass is 16.6. The molecule has 0 saturated carbocycles. The average Bonchev–Trinajstić information content (AvgIpc) is 2.56. The van der Waals surface area contributed by atoms with Gasteiger partial charge in [-0.25, -0.2) is 0 Å². The second-order valence-corrected chi connectivity index (χ2v) is 5.38. The van der Waals surface area contributed by atoms with Crippen LogP contribution in [0.1, 0.15) is 35.6 Å². The predicted molar refractivity (Wildman–Crippen MR) is 82.2 cm³/mol. The molecule has 2 aromatic carbocycles. The van der Waals surface area contributed by atoms with Gasteiger partial charge in [0, 0.05) is 17.7 Å². The molecule has 23 heavy (non-hydrogen) atoms. The van der Waals surface area contributed by atoms with Crippen molar-refractivity contribution in [1.82, 2.24) is 0 Å². The number of ether oxygens (including phenoxy) is 1. The molecule has 0 aromatic heterocycles. The molecule has 1 aliphatic carbocycles. The van der Waals surface area contributed by atoms with Gasteiger partial charge in [-0.05, 0) is 37.0 Å². The van der Waals surface area contributed by atoms with Gasteiger partial charge < -0.3 is 9.84 Å². The normalized spacial score (nSPS) is 16.3. The van der Waals surface area contributed by atoms with E-state index in [0.717, 1.165) is 30.4 Å². The molecule has 0 saturated heterocycles. The Balaban J connectivity index is 1.99. The van der Waals surface area contributed by atoms with Crippen molar-refractivity contribution in [1.29, 1.82) is 5.26 Å². The van der Waals surface area contributed by atoms with Gasteiger partial charge in [-0.15, -0.1) is 0 Å². The van der Waals surface area contributed by atoms with Crippen LogP contribution in [0.4, 0.5) is 5.69 Å². The Hall–Kier alpha value is -2.91. The van der Waals surface area contributed by atoms with E-state index in [1.54, 1.807) is 12.1 Å². The number of benzene rings is 2. The van der Waals surface area contributed by atoms with Crippen molar-refractivity contribution in [2.75, 3.05) is 0 Å². The van der Waals surface area contributed by atoms with Crippen LogP contribution in [0, 0.1) is 21.4 Å². The number of nitrogens with zero attached hydrogens (tertiary/aromatic N) is 2. The van der Waals surface area contributed by atoms with Crippen LogP contribution in [-0.2, 0) is 6.42 Å². The van der Waals surface area contributed by atoms with Gasteiger partial charge in [-0.1, -0.05) is 12.1 Å². The first-order valence-electron chi connectivity index (χ1n) is 7.26. The molecule has 116 valence electrons. The van der Waals surface area contributed by atoms with E-state index in [9.17, 15) is 20.5 Å². The van der Waals surface area contributed by atoms with E-state index in [0.29, 0.717) is 5.75 Å². The van der Waals surface area contributed by atoms with Crippen LogP contribution in [0.25, 0.3) is 0 Å². The highest BCUT2D eigenvalue weighted by Gasteiger charge is 2.22. The zero-order chi connectivity index (χ0) is 16.4. The number of fused-ring (bicyclic) bond motifs is 1. The van der Waals surface area contributed by atoms with Gasteiger partial charge in [0.2, 0.25) is 0 Å². The molecule has 0 amide bonds. The monoisotopic (exact) mass is 310 g/mol. The molecule has 0 aliphatic heterocycles. The van der Waals surface area contributed by atoms with E-state index >= 15 is 0 Å². The molecule has 0 bridgehead atoms. The van der Waals surface area contributed by atoms with Crippen LogP contribution in [0.3, 0.4) is 0 Å². The van der Waals surface area contributed by atoms with E-state index in [1.807, 2.05) is 12.1 Å². The summed E-state index contributed by atoms with van der Waals surface area (Å²) in [7, 11) is 0. The molecule has 0 unspecified atom stereocenters. The first-order chi connectivity index (χ1) is 11.1. The summed E-state index contributed by atoms with van der Waals surface area (Å²) in [5, 5.41) is 30.1. The van der Waals surface area contributed by atoms with Gasteiger partial charge >= 0.3 is 0 Å². The third-order valence-corrected chi connectivity index (χ3v) is 3.95. The number of aliphatic hydroxyl groups excluding tert-OH is 1. The maximum absolute atomic E-state index is 10.8. The number of hydrogen-bond donors (Lipinski definition) is 1. The van der Waals surface area contributed by atoms with Gasteiger partial charge in [-0.3, -0.25) is 10.1 Å². The maximum atomic E-state index is 10.8. The quantitative estimate of drug-likeness (QED) is 0.689. The Labute approximate surface area is 132 Å². The lowest BCUT2D eigenvalue weighted by Crippen LogP contribution is -2.10. The SMILES string of the molecule is N#Cc1cc([N+](=O)[O-])ccc1Oc1cccc2c1CCC[C@@H]2O. The van der Waals surface area contributed by atoms with Crippen molar-refractivity contribution in [3.8, 4) is 17.6 Å². The summed E-state index contributed by atoms with van der Waals surface area (Å²) in [4.78, 5) is 10.2. The van der Waals surface area contributed by atoms with Gasteiger partial charge in [0.25, 0.3) is 5.69 Å². The topological polar surface area (TPSA) is 96.4 Å². The summed E-state index contributed by atoms with van der Waals surface area (Å²) >= 11 is 0. The standard InChI is InChI=1S/C17H14N2O4/c18-10-11-9-12(19(21)22)7-8-16(11)23-17-6-2-3-13-14(17)4-1-5-15(13)20/h2-3,6-9,15,20H,1,4-5H2/t15-/m0/s1. The minimum absolute atomic E-state index is 0.105. The highest BCUT2D eigenvalue weighted by Crippen LogP contribution is 2.38. The second kappa shape index (κ2) is 6.07. The summed E-state index contributed by atoms with van der Waals surface area (Å²) in [5.41, 5.74) is 1.72. The Morgan fingerprint density at radius 3 is 2.87 bits per heavy atom. The van der Waals surface area contributed by atoms with Gasteiger partial charge in [0.05, 0.1) is 11.0 Å². The van der Waals surface area contributed by atoms with E-state index in [-0.39, 0.29) is 17.0 Å². The Bertz CT molecular complexity index is 811. The van der Waals surface area contributed by atoms with Crippen molar-refractivity contribution in [2.45, 2.75) is 25.4 Å². The fourth-order valence-electron chi connectivity index (χ4n) is 2.81. The van der Waals surface area contributed by atoms with Crippen LogP contribution >= 0.6 is 0 Å². The third-order valence-electron chi connectivity index (χ3n) is 3.95. The predicted octanol–water partition coefficient (Wildman–Crippen LogP) is 3.63. The minimum Gasteiger partial charge on any atom is -0.456 e. The summed E-state index contributed by atoms with van der Waals surface area (Å²) < 4.78 is 5.83. The van der Waals surface area contributed by atoms with Crippen molar-refractivity contribution in [2.24, 2.45) is 0 Å². The third kappa shape index (κ3) is 2.87. The van der Waals surface area contributed by atoms with Crippen LogP contribution in [-0.4, -0.2) is 10.0 Å². The Morgan fingerprint density at radius 1 is 1.30 bits per heavy atom. The molecule has 1 aliphatic rings. The van der Waals surface area contributed by atoms with Crippen LogP contribution in [0.15, 0.2) is 36.4 Å². The van der Waals surface area contributed by atoms with Crippen LogP contribution in [0.5, 0.6) is 11.5 Å². The molecule has 0 radical (unpaired) electrons. The number of aliphatic hydroxyl groups is 1. The largest absolute Gasteiger partial charge is 0.456 e. The molecule has 6 heteroatoms. The number of hydrogen-bond acceptors (Lipinski definition) is 5. The van der Waals surface area contributed by atoms with E-state index in [4.69, 9.17) is 4.74 Å². The van der Waals surface area contributed by atoms with Crippen molar-refractivity contribution >= 4 is 5.69 Å². The molecule has 3 rings (SSSR count). The van der Waals surface area contributed by atoms with E-state index in [2.05, 4.69) is 0 Å². The van der Waals surface area contributed by atoms with Crippen molar-refractivity contribution in [3.05, 3.63) is 63.2 Å². The van der Waals surface area contributed by atoms with Crippen LogP contribution in [0.2, 0.25) is 0 Å². The summed E-state index contributed by atoms with van der Waals surface area (Å²) in [6.45, 7) is 0. The molecule has 0 heterocycles. The Kier molecular flexibility index (Phi) is 3.96. The number of rotatable bonds is 3. The minimum atomic E-state index is -0.550. The number of nitro groups is 1. The molecule has 1 atom stereocenters. The zero-order valence-electron chi connectivity index (χ0n) is 12.2. The summed E-state index contributed by atoms with van der Waals surface area (Å²) in [6.07, 6.45) is 1.86. The number of nitro benzene ring substituents is 1. The molecule has 1 N–H and O–H groups in total. The zero-order valence-corrected chi connectivity index (χ0v) is 12.2. The van der Waals surface area contributed by atoms with Crippen molar-refractivity contribution < 1.29 is 14.8 Å². The van der Waals surface area contributed by atoms with E-state index < -0.39 is 11.0 Å². The maximum Gasteiger partial charge on any atom is 0.271 e. The first-order valence-corrected chi connectivity index (χ1v) is 7.26. The molecule has 0 spiro atoms.